The van der Waals surface area contributed by atoms with Crippen molar-refractivity contribution in [2.75, 3.05) is 18.5 Å². The first-order valence-corrected chi connectivity index (χ1v) is 11.3. The molecular formula is C26H28F4N2O2. The van der Waals surface area contributed by atoms with Crippen LogP contribution in [0.25, 0.3) is 10.9 Å². The molecule has 0 amide bonds. The number of rotatable bonds is 7. The Morgan fingerprint density at radius 2 is 1.88 bits per heavy atom. The number of fused-ring (bicyclic) bond motifs is 2. The zero-order valence-corrected chi connectivity index (χ0v) is 19.4. The van der Waals surface area contributed by atoms with Crippen LogP contribution >= 0.6 is 0 Å². The topological polar surface area (TPSA) is 54.4 Å². The summed E-state index contributed by atoms with van der Waals surface area (Å²) in [5.74, 6) is -0.119. The molecule has 8 heteroatoms. The number of ether oxygens (including phenoxy) is 1. The van der Waals surface area contributed by atoms with E-state index in [1.807, 2.05) is 19.1 Å². The molecule has 1 aromatic heterocycles. The van der Waals surface area contributed by atoms with Crippen LogP contribution in [0.2, 0.25) is 0 Å². The van der Waals surface area contributed by atoms with Crippen molar-refractivity contribution in [2.24, 2.45) is 0 Å². The van der Waals surface area contributed by atoms with Gasteiger partial charge < -0.3 is 15.2 Å². The number of pyridine rings is 1. The van der Waals surface area contributed by atoms with Crippen molar-refractivity contribution in [1.82, 2.24) is 4.98 Å². The number of aliphatic hydroxyl groups is 1. The van der Waals surface area contributed by atoms with Crippen LogP contribution in [-0.4, -0.2) is 35.0 Å². The SMILES string of the molecule is CCc1ccc2c(NCC(O)(CC(C)(C)c3cc(F)cc4c3OCC4)C(F)(F)F)cccc2n1. The minimum absolute atomic E-state index is 0.323. The highest BCUT2D eigenvalue weighted by molar-refractivity contribution is 5.91. The number of hydrogen-bond acceptors (Lipinski definition) is 4. The smallest absolute Gasteiger partial charge is 0.418 e. The van der Waals surface area contributed by atoms with Gasteiger partial charge in [-0.15, -0.1) is 0 Å². The van der Waals surface area contributed by atoms with Gasteiger partial charge in [0.05, 0.1) is 18.7 Å². The highest BCUT2D eigenvalue weighted by Gasteiger charge is 2.56. The largest absolute Gasteiger partial charge is 0.493 e. The van der Waals surface area contributed by atoms with E-state index in [9.17, 15) is 22.7 Å². The summed E-state index contributed by atoms with van der Waals surface area (Å²) in [6, 6.07) is 11.4. The quantitative estimate of drug-likeness (QED) is 0.414. The summed E-state index contributed by atoms with van der Waals surface area (Å²) in [5.41, 5.74) is -1.36. The Labute approximate surface area is 196 Å². The van der Waals surface area contributed by atoms with Crippen molar-refractivity contribution in [3.05, 3.63) is 65.1 Å². The molecule has 3 aromatic rings. The van der Waals surface area contributed by atoms with E-state index < -0.39 is 36.0 Å². The van der Waals surface area contributed by atoms with Crippen LogP contribution < -0.4 is 10.1 Å². The molecule has 0 bridgehead atoms. The highest BCUT2D eigenvalue weighted by atomic mass is 19.4. The Morgan fingerprint density at radius 3 is 2.59 bits per heavy atom. The monoisotopic (exact) mass is 476 g/mol. The third-order valence-corrected chi connectivity index (χ3v) is 6.46. The maximum absolute atomic E-state index is 14.2. The van der Waals surface area contributed by atoms with E-state index >= 15 is 0 Å². The van der Waals surface area contributed by atoms with Gasteiger partial charge in [0, 0.05) is 34.3 Å². The van der Waals surface area contributed by atoms with Crippen LogP contribution in [-0.2, 0) is 18.3 Å². The Balaban J connectivity index is 1.64. The summed E-state index contributed by atoms with van der Waals surface area (Å²) in [5, 5.41) is 14.4. The van der Waals surface area contributed by atoms with Crippen molar-refractivity contribution >= 4 is 16.6 Å². The number of aromatic nitrogens is 1. The molecule has 1 unspecified atom stereocenters. The van der Waals surface area contributed by atoms with Gasteiger partial charge in [0.25, 0.3) is 0 Å². The zero-order chi connectivity index (χ0) is 24.7. The number of hydrogen-bond donors (Lipinski definition) is 2. The van der Waals surface area contributed by atoms with E-state index in [0.29, 0.717) is 46.5 Å². The summed E-state index contributed by atoms with van der Waals surface area (Å²) in [4.78, 5) is 4.51. The van der Waals surface area contributed by atoms with Gasteiger partial charge >= 0.3 is 6.18 Å². The Morgan fingerprint density at radius 1 is 1.12 bits per heavy atom. The molecule has 2 aromatic carbocycles. The van der Waals surface area contributed by atoms with Crippen LogP contribution in [0.4, 0.5) is 23.2 Å². The van der Waals surface area contributed by atoms with Gasteiger partial charge in [-0.25, -0.2) is 4.39 Å². The van der Waals surface area contributed by atoms with Crippen LogP contribution in [0, 0.1) is 5.82 Å². The molecule has 0 saturated heterocycles. The molecule has 2 heterocycles. The summed E-state index contributed by atoms with van der Waals surface area (Å²) >= 11 is 0. The molecule has 2 N–H and O–H groups in total. The van der Waals surface area contributed by atoms with Crippen molar-refractivity contribution in [2.45, 2.75) is 57.2 Å². The predicted molar refractivity (Wildman–Crippen MR) is 124 cm³/mol. The number of aryl methyl sites for hydroxylation is 1. The van der Waals surface area contributed by atoms with Gasteiger partial charge in [-0.3, -0.25) is 4.98 Å². The number of benzene rings is 2. The minimum Gasteiger partial charge on any atom is -0.493 e. The lowest BCUT2D eigenvalue weighted by Crippen LogP contribution is -2.53. The molecule has 0 aliphatic carbocycles. The first-order chi connectivity index (χ1) is 15.9. The van der Waals surface area contributed by atoms with Gasteiger partial charge in [0.2, 0.25) is 0 Å². The summed E-state index contributed by atoms with van der Waals surface area (Å²) in [6.45, 7) is 4.68. The van der Waals surface area contributed by atoms with E-state index in [0.717, 1.165) is 12.1 Å². The predicted octanol–water partition coefficient (Wildman–Crippen LogP) is 5.94. The minimum atomic E-state index is -4.92. The third-order valence-electron chi connectivity index (χ3n) is 6.46. The lowest BCUT2D eigenvalue weighted by molar-refractivity contribution is -0.260. The first-order valence-electron chi connectivity index (χ1n) is 11.3. The number of nitrogens with zero attached hydrogens (tertiary/aromatic N) is 1. The van der Waals surface area contributed by atoms with E-state index in [1.165, 1.54) is 12.1 Å². The molecule has 4 nitrogen and oxygen atoms in total. The Kier molecular flexibility index (Phi) is 6.23. The lowest BCUT2D eigenvalue weighted by Gasteiger charge is -2.38. The van der Waals surface area contributed by atoms with Crippen LogP contribution in [0.1, 0.15) is 44.0 Å². The third kappa shape index (κ3) is 4.56. The molecule has 1 atom stereocenters. The summed E-state index contributed by atoms with van der Waals surface area (Å²) < 4.78 is 62.5. The molecule has 1 aliphatic heterocycles. The normalized spacial score (nSPS) is 15.6. The van der Waals surface area contributed by atoms with Gasteiger partial charge in [-0.2, -0.15) is 13.2 Å². The van der Waals surface area contributed by atoms with Crippen molar-refractivity contribution in [3.63, 3.8) is 0 Å². The second-order valence-corrected chi connectivity index (χ2v) is 9.51. The van der Waals surface area contributed by atoms with Crippen molar-refractivity contribution < 1.29 is 27.4 Å². The van der Waals surface area contributed by atoms with E-state index in [-0.39, 0.29) is 0 Å². The van der Waals surface area contributed by atoms with Gasteiger partial charge in [-0.05, 0) is 54.7 Å². The molecule has 0 spiro atoms. The fraction of sp³-hybridized carbons (Fsp3) is 0.423. The Bertz CT molecular complexity index is 1210. The van der Waals surface area contributed by atoms with E-state index in [4.69, 9.17) is 4.74 Å². The second-order valence-electron chi connectivity index (χ2n) is 9.51. The van der Waals surface area contributed by atoms with Gasteiger partial charge in [0.1, 0.15) is 11.6 Å². The maximum atomic E-state index is 14.2. The Hall–Kier alpha value is -2.87. The maximum Gasteiger partial charge on any atom is 0.418 e. The van der Waals surface area contributed by atoms with E-state index in [1.54, 1.807) is 32.0 Å². The average Bonchev–Trinajstić information content (AvgIpc) is 3.23. The molecule has 34 heavy (non-hydrogen) atoms. The summed E-state index contributed by atoms with van der Waals surface area (Å²) in [7, 11) is 0. The molecule has 1 aliphatic rings. The summed E-state index contributed by atoms with van der Waals surface area (Å²) in [6.07, 6.45) is -4.37. The molecule has 0 saturated carbocycles. The van der Waals surface area contributed by atoms with Crippen LogP contribution in [0.5, 0.6) is 5.75 Å². The number of alkyl halides is 3. The first kappa shape index (κ1) is 24.3. The number of anilines is 1. The molecule has 0 fully saturated rings. The molecule has 182 valence electrons. The lowest BCUT2D eigenvalue weighted by atomic mass is 9.74. The van der Waals surface area contributed by atoms with Crippen LogP contribution in [0.15, 0.2) is 42.5 Å². The number of nitrogens with one attached hydrogen (secondary N) is 1. The second kappa shape index (κ2) is 8.73. The zero-order valence-electron chi connectivity index (χ0n) is 19.4. The van der Waals surface area contributed by atoms with E-state index in [2.05, 4.69) is 10.3 Å². The fourth-order valence-electron chi connectivity index (χ4n) is 4.65. The fourth-order valence-corrected chi connectivity index (χ4v) is 4.65. The van der Waals surface area contributed by atoms with Gasteiger partial charge in [-0.1, -0.05) is 26.8 Å². The average molecular weight is 477 g/mol. The number of halogens is 4. The van der Waals surface area contributed by atoms with Crippen molar-refractivity contribution in [3.8, 4) is 5.75 Å². The van der Waals surface area contributed by atoms with Gasteiger partial charge in [0.15, 0.2) is 5.60 Å². The molecular weight excluding hydrogens is 448 g/mol. The highest BCUT2D eigenvalue weighted by Crippen LogP contribution is 2.46. The molecule has 0 radical (unpaired) electrons. The molecule has 4 rings (SSSR count). The van der Waals surface area contributed by atoms with Crippen LogP contribution in [0.3, 0.4) is 0 Å². The van der Waals surface area contributed by atoms with Crippen molar-refractivity contribution in [1.29, 1.82) is 0 Å². The standard InChI is InChI=1S/C26H28F4N2O2/c1-4-18-8-9-19-21(6-5-7-22(19)32-18)31-15-25(33,26(28,29)30)14-24(2,3)20-13-17(27)12-16-10-11-34-23(16)20/h5-9,12-13,31,33H,4,10-11,14-15H2,1-3H3.